The molecule has 2 rings (SSSR count). The summed E-state index contributed by atoms with van der Waals surface area (Å²) in [6.07, 6.45) is 2.03. The normalized spacial score (nSPS) is 23.3. The summed E-state index contributed by atoms with van der Waals surface area (Å²) in [5.41, 5.74) is 1.51. The lowest BCUT2D eigenvalue weighted by Gasteiger charge is -2.34. The van der Waals surface area contributed by atoms with Crippen LogP contribution in [0, 0.1) is 12.8 Å². The Morgan fingerprint density at radius 1 is 1.65 bits per heavy atom. The fraction of sp³-hybridized carbons (Fsp3) is 0.667. The van der Waals surface area contributed by atoms with Gasteiger partial charge in [0.15, 0.2) is 0 Å². The Kier molecular flexibility index (Phi) is 3.43. The fourth-order valence-electron chi connectivity index (χ4n) is 2.28. The highest BCUT2D eigenvalue weighted by molar-refractivity contribution is 6.21. The predicted octanol–water partition coefficient (Wildman–Crippen LogP) is 1.82. The average Bonchev–Trinajstić information content (AvgIpc) is 2.54. The average molecular weight is 256 g/mol. The summed E-state index contributed by atoms with van der Waals surface area (Å²) in [7, 11) is 3.64. The number of carbonyl (C=O) groups is 1. The van der Waals surface area contributed by atoms with E-state index in [-0.39, 0.29) is 5.91 Å². The first-order valence-electron chi connectivity index (χ1n) is 5.87. The molecule has 1 amide bonds. The summed E-state index contributed by atoms with van der Waals surface area (Å²) in [6.45, 7) is 2.67. The highest BCUT2D eigenvalue weighted by Crippen LogP contribution is 2.32. The van der Waals surface area contributed by atoms with Crippen molar-refractivity contribution in [1.29, 1.82) is 0 Å². The third-order valence-electron chi connectivity index (χ3n) is 3.28. The van der Waals surface area contributed by atoms with Gasteiger partial charge in [-0.3, -0.25) is 9.48 Å². The van der Waals surface area contributed by atoms with Gasteiger partial charge in [0, 0.05) is 26.0 Å². The Morgan fingerprint density at radius 3 is 2.76 bits per heavy atom. The van der Waals surface area contributed by atoms with Gasteiger partial charge in [-0.1, -0.05) is 0 Å². The van der Waals surface area contributed by atoms with E-state index in [1.807, 2.05) is 20.0 Å². The SMILES string of the molecule is Cc1cc(C(=O)N(C)CC2CC(Cl)C2)n(C)n1. The Morgan fingerprint density at radius 2 is 2.29 bits per heavy atom. The van der Waals surface area contributed by atoms with Crippen LogP contribution in [0.15, 0.2) is 6.07 Å². The minimum absolute atomic E-state index is 0.0334. The summed E-state index contributed by atoms with van der Waals surface area (Å²) in [5, 5.41) is 4.50. The highest BCUT2D eigenvalue weighted by Gasteiger charge is 2.29. The zero-order valence-electron chi connectivity index (χ0n) is 10.5. The fourth-order valence-corrected chi connectivity index (χ4v) is 2.78. The van der Waals surface area contributed by atoms with Crippen LogP contribution in [0.25, 0.3) is 0 Å². The van der Waals surface area contributed by atoms with Crippen LogP contribution < -0.4 is 0 Å². The summed E-state index contributed by atoms with van der Waals surface area (Å²) in [5.74, 6) is 0.590. The molecule has 1 aromatic rings. The minimum atomic E-state index is 0.0334. The second kappa shape index (κ2) is 4.69. The monoisotopic (exact) mass is 255 g/mol. The summed E-state index contributed by atoms with van der Waals surface area (Å²) in [4.78, 5) is 13.9. The van der Waals surface area contributed by atoms with E-state index in [1.54, 1.807) is 16.6 Å². The minimum Gasteiger partial charge on any atom is -0.340 e. The number of carbonyl (C=O) groups excluding carboxylic acids is 1. The van der Waals surface area contributed by atoms with Gasteiger partial charge < -0.3 is 4.90 Å². The van der Waals surface area contributed by atoms with Gasteiger partial charge in [0.2, 0.25) is 0 Å². The van der Waals surface area contributed by atoms with E-state index in [1.165, 1.54) is 0 Å². The van der Waals surface area contributed by atoms with Crippen LogP contribution in [0.5, 0.6) is 0 Å². The molecule has 1 heterocycles. The van der Waals surface area contributed by atoms with Gasteiger partial charge >= 0.3 is 0 Å². The van der Waals surface area contributed by atoms with Crippen molar-refractivity contribution >= 4 is 17.5 Å². The van der Waals surface area contributed by atoms with E-state index >= 15 is 0 Å². The molecular weight excluding hydrogens is 238 g/mol. The maximum Gasteiger partial charge on any atom is 0.271 e. The first-order valence-corrected chi connectivity index (χ1v) is 6.31. The zero-order chi connectivity index (χ0) is 12.6. The second-order valence-corrected chi connectivity index (χ2v) is 5.53. The van der Waals surface area contributed by atoms with E-state index in [9.17, 15) is 4.79 Å². The van der Waals surface area contributed by atoms with Crippen LogP contribution in [0.3, 0.4) is 0 Å². The number of hydrogen-bond donors (Lipinski definition) is 0. The van der Waals surface area contributed by atoms with Crippen LogP contribution >= 0.6 is 11.6 Å². The number of nitrogens with zero attached hydrogens (tertiary/aromatic N) is 3. The molecule has 17 heavy (non-hydrogen) atoms. The number of halogens is 1. The van der Waals surface area contributed by atoms with Gasteiger partial charge in [-0.15, -0.1) is 11.6 Å². The van der Waals surface area contributed by atoms with Crippen molar-refractivity contribution in [3.05, 3.63) is 17.5 Å². The van der Waals surface area contributed by atoms with Crippen molar-refractivity contribution in [3.63, 3.8) is 0 Å². The number of hydrogen-bond acceptors (Lipinski definition) is 2. The number of amides is 1. The molecule has 5 heteroatoms. The molecule has 1 aromatic heterocycles. The molecule has 0 aromatic carbocycles. The maximum atomic E-state index is 12.2. The molecule has 1 aliphatic carbocycles. The second-order valence-electron chi connectivity index (χ2n) is 4.91. The Balaban J connectivity index is 1.97. The molecule has 0 aliphatic heterocycles. The summed E-state index contributed by atoms with van der Waals surface area (Å²) in [6, 6.07) is 1.82. The molecule has 0 N–H and O–H groups in total. The van der Waals surface area contributed by atoms with Crippen molar-refractivity contribution in [2.24, 2.45) is 13.0 Å². The maximum absolute atomic E-state index is 12.2. The van der Waals surface area contributed by atoms with Gasteiger partial charge in [-0.2, -0.15) is 5.10 Å². The smallest absolute Gasteiger partial charge is 0.271 e. The van der Waals surface area contributed by atoms with Crippen LogP contribution in [0.1, 0.15) is 29.0 Å². The van der Waals surface area contributed by atoms with Crippen molar-refractivity contribution in [2.75, 3.05) is 13.6 Å². The van der Waals surface area contributed by atoms with Gasteiger partial charge in [0.05, 0.1) is 5.69 Å². The molecule has 1 fully saturated rings. The molecule has 1 saturated carbocycles. The van der Waals surface area contributed by atoms with Gasteiger partial charge in [-0.25, -0.2) is 0 Å². The van der Waals surface area contributed by atoms with Gasteiger partial charge in [-0.05, 0) is 31.7 Å². The van der Waals surface area contributed by atoms with E-state index in [0.717, 1.165) is 25.1 Å². The Bertz CT molecular complexity index is 423. The predicted molar refractivity (Wildman–Crippen MR) is 67.3 cm³/mol. The molecule has 94 valence electrons. The number of aromatic nitrogens is 2. The van der Waals surface area contributed by atoms with Crippen molar-refractivity contribution in [3.8, 4) is 0 Å². The number of alkyl halides is 1. The topological polar surface area (TPSA) is 38.1 Å². The Labute approximate surface area is 107 Å². The third kappa shape index (κ3) is 2.63. The van der Waals surface area contributed by atoms with E-state index in [2.05, 4.69) is 5.10 Å². The molecule has 0 unspecified atom stereocenters. The summed E-state index contributed by atoms with van der Waals surface area (Å²) < 4.78 is 1.64. The number of aryl methyl sites for hydroxylation is 2. The molecule has 0 spiro atoms. The zero-order valence-corrected chi connectivity index (χ0v) is 11.2. The standard InChI is InChI=1S/C12H18ClN3O/c1-8-4-11(16(3)14-8)12(17)15(2)7-9-5-10(13)6-9/h4,9-10H,5-7H2,1-3H3. The van der Waals surface area contributed by atoms with Crippen LogP contribution in [-0.4, -0.2) is 39.6 Å². The van der Waals surface area contributed by atoms with Crippen molar-refractivity contribution < 1.29 is 4.79 Å². The largest absolute Gasteiger partial charge is 0.340 e. The molecular formula is C12H18ClN3O. The number of rotatable bonds is 3. The Hall–Kier alpha value is -1.03. The van der Waals surface area contributed by atoms with E-state index < -0.39 is 0 Å². The molecule has 1 aliphatic rings. The first kappa shape index (κ1) is 12.4. The van der Waals surface area contributed by atoms with Gasteiger partial charge in [0.25, 0.3) is 5.91 Å². The van der Waals surface area contributed by atoms with Crippen LogP contribution in [0.4, 0.5) is 0 Å². The quantitative estimate of drug-likeness (QED) is 0.773. The molecule has 0 bridgehead atoms. The first-order chi connectivity index (χ1) is 7.97. The lowest BCUT2D eigenvalue weighted by molar-refractivity contribution is 0.0736. The molecule has 0 atom stereocenters. The third-order valence-corrected chi connectivity index (χ3v) is 3.63. The van der Waals surface area contributed by atoms with Crippen LogP contribution in [-0.2, 0) is 7.05 Å². The van der Waals surface area contributed by atoms with E-state index in [0.29, 0.717) is 17.0 Å². The lowest BCUT2D eigenvalue weighted by Crippen LogP contribution is -2.38. The molecule has 4 nitrogen and oxygen atoms in total. The highest BCUT2D eigenvalue weighted by atomic mass is 35.5. The van der Waals surface area contributed by atoms with E-state index in [4.69, 9.17) is 11.6 Å². The lowest BCUT2D eigenvalue weighted by atomic mass is 9.84. The molecule has 0 radical (unpaired) electrons. The van der Waals surface area contributed by atoms with Crippen LogP contribution in [0.2, 0.25) is 0 Å². The van der Waals surface area contributed by atoms with Gasteiger partial charge in [0.1, 0.15) is 5.69 Å². The summed E-state index contributed by atoms with van der Waals surface area (Å²) >= 11 is 5.93. The van der Waals surface area contributed by atoms with Crippen molar-refractivity contribution in [2.45, 2.75) is 25.1 Å². The van der Waals surface area contributed by atoms with Crippen molar-refractivity contribution in [1.82, 2.24) is 14.7 Å². The molecule has 0 saturated heterocycles.